The molecule has 0 amide bonds. The molecule has 0 saturated carbocycles. The summed E-state index contributed by atoms with van der Waals surface area (Å²) in [6, 6.07) is 3.36. The number of rotatable bonds is 3. The molecule has 1 N–H and O–H groups in total. The molecular formula is C14H19N3OS. The Morgan fingerprint density at radius 1 is 1.37 bits per heavy atom. The minimum absolute atomic E-state index is 0.00152. The Morgan fingerprint density at radius 3 is 2.68 bits per heavy atom. The first kappa shape index (κ1) is 13.8. The molecule has 0 spiro atoms. The summed E-state index contributed by atoms with van der Waals surface area (Å²) < 4.78 is 1.57. The summed E-state index contributed by atoms with van der Waals surface area (Å²) in [4.78, 5) is 16.9. The van der Waals surface area contributed by atoms with Crippen molar-refractivity contribution in [2.45, 2.75) is 32.7 Å². The summed E-state index contributed by atoms with van der Waals surface area (Å²) in [5.74, 6) is 0. The molecule has 0 saturated heterocycles. The fraction of sp³-hybridized carbons (Fsp3) is 0.429. The van der Waals surface area contributed by atoms with Gasteiger partial charge in [-0.05, 0) is 6.07 Å². The van der Waals surface area contributed by atoms with E-state index in [0.29, 0.717) is 0 Å². The molecule has 0 atom stereocenters. The van der Waals surface area contributed by atoms with Gasteiger partial charge in [0.15, 0.2) is 0 Å². The van der Waals surface area contributed by atoms with Crippen LogP contribution in [-0.2, 0) is 19.0 Å². The van der Waals surface area contributed by atoms with E-state index in [2.05, 4.69) is 31.1 Å². The van der Waals surface area contributed by atoms with Crippen LogP contribution in [0.2, 0.25) is 0 Å². The molecule has 2 aromatic heterocycles. The molecule has 2 rings (SSSR count). The molecule has 2 aromatic rings. The first-order valence-corrected chi connectivity index (χ1v) is 7.03. The predicted octanol–water partition coefficient (Wildman–Crippen LogP) is 2.75. The second-order valence-electron chi connectivity index (χ2n) is 5.60. The predicted molar refractivity (Wildman–Crippen MR) is 79.8 cm³/mol. The molecule has 0 aliphatic rings. The van der Waals surface area contributed by atoms with Crippen LogP contribution in [0.1, 0.15) is 30.7 Å². The average molecular weight is 277 g/mol. The number of hydrogen-bond acceptors (Lipinski definition) is 4. The van der Waals surface area contributed by atoms with E-state index >= 15 is 0 Å². The second kappa shape index (κ2) is 5.17. The SMILES string of the molecule is Cn1cc(NCc2cnc(C(C)(C)C)s2)ccc1=O. The van der Waals surface area contributed by atoms with Crippen molar-refractivity contribution >= 4 is 17.0 Å². The first-order valence-electron chi connectivity index (χ1n) is 6.22. The Labute approximate surface area is 117 Å². The minimum atomic E-state index is -0.00152. The molecule has 0 aliphatic heterocycles. The van der Waals surface area contributed by atoms with Gasteiger partial charge in [0.25, 0.3) is 0 Å². The summed E-state index contributed by atoms with van der Waals surface area (Å²) in [7, 11) is 1.75. The average Bonchev–Trinajstić information content (AvgIpc) is 2.79. The van der Waals surface area contributed by atoms with Crippen LogP contribution in [0.25, 0.3) is 0 Å². The van der Waals surface area contributed by atoms with Crippen molar-refractivity contribution in [3.63, 3.8) is 0 Å². The number of thiazole rings is 1. The number of anilines is 1. The van der Waals surface area contributed by atoms with E-state index in [4.69, 9.17) is 0 Å². The largest absolute Gasteiger partial charge is 0.379 e. The van der Waals surface area contributed by atoms with Crippen molar-refractivity contribution in [3.8, 4) is 0 Å². The standard InChI is InChI=1S/C14H19N3OS/c1-14(2,3)13-16-8-11(19-13)7-15-10-5-6-12(18)17(4)9-10/h5-6,8-9,15H,7H2,1-4H3. The third kappa shape index (κ3) is 3.44. The van der Waals surface area contributed by atoms with E-state index in [1.165, 1.54) is 4.88 Å². The lowest BCUT2D eigenvalue weighted by Gasteiger charge is -2.13. The summed E-state index contributed by atoms with van der Waals surface area (Å²) in [6.45, 7) is 7.22. The van der Waals surface area contributed by atoms with Crippen molar-refractivity contribution in [2.75, 3.05) is 5.32 Å². The van der Waals surface area contributed by atoms with Gasteiger partial charge in [0.2, 0.25) is 5.56 Å². The van der Waals surface area contributed by atoms with Gasteiger partial charge in [-0.1, -0.05) is 20.8 Å². The van der Waals surface area contributed by atoms with Gasteiger partial charge < -0.3 is 9.88 Å². The topological polar surface area (TPSA) is 46.9 Å². The van der Waals surface area contributed by atoms with Crippen LogP contribution >= 0.6 is 11.3 Å². The lowest BCUT2D eigenvalue weighted by molar-refractivity contribution is 0.585. The zero-order valence-electron chi connectivity index (χ0n) is 11.7. The van der Waals surface area contributed by atoms with Gasteiger partial charge in [0.1, 0.15) is 0 Å². The Hall–Kier alpha value is -1.62. The number of aryl methyl sites for hydroxylation is 1. The maximum Gasteiger partial charge on any atom is 0.250 e. The van der Waals surface area contributed by atoms with Gasteiger partial charge in [-0.25, -0.2) is 4.98 Å². The maximum atomic E-state index is 11.3. The normalized spacial score (nSPS) is 11.6. The van der Waals surface area contributed by atoms with Crippen LogP contribution < -0.4 is 10.9 Å². The number of nitrogens with zero attached hydrogens (tertiary/aromatic N) is 2. The fourth-order valence-corrected chi connectivity index (χ4v) is 2.53. The third-order valence-corrected chi connectivity index (χ3v) is 4.17. The minimum Gasteiger partial charge on any atom is -0.379 e. The van der Waals surface area contributed by atoms with E-state index in [1.807, 2.05) is 6.20 Å². The molecule has 5 heteroatoms. The first-order chi connectivity index (χ1) is 8.86. The molecule has 0 bridgehead atoms. The highest BCUT2D eigenvalue weighted by atomic mass is 32.1. The maximum absolute atomic E-state index is 11.3. The lowest BCUT2D eigenvalue weighted by Crippen LogP contribution is -2.15. The van der Waals surface area contributed by atoms with E-state index < -0.39 is 0 Å². The van der Waals surface area contributed by atoms with Crippen LogP contribution in [-0.4, -0.2) is 9.55 Å². The van der Waals surface area contributed by atoms with Crippen molar-refractivity contribution in [3.05, 3.63) is 44.8 Å². The van der Waals surface area contributed by atoms with Crippen molar-refractivity contribution in [2.24, 2.45) is 7.05 Å². The van der Waals surface area contributed by atoms with E-state index in [0.717, 1.165) is 17.2 Å². The molecule has 0 aromatic carbocycles. The lowest BCUT2D eigenvalue weighted by atomic mass is 9.98. The summed E-state index contributed by atoms with van der Waals surface area (Å²) in [5, 5.41) is 4.45. The molecule has 19 heavy (non-hydrogen) atoms. The van der Waals surface area contributed by atoms with Crippen LogP contribution in [0.15, 0.2) is 29.3 Å². The van der Waals surface area contributed by atoms with Gasteiger partial charge in [0, 0.05) is 35.8 Å². The molecule has 102 valence electrons. The third-order valence-electron chi connectivity index (χ3n) is 2.75. The second-order valence-corrected chi connectivity index (χ2v) is 6.72. The Kier molecular flexibility index (Phi) is 3.75. The summed E-state index contributed by atoms with van der Waals surface area (Å²) >= 11 is 1.72. The van der Waals surface area contributed by atoms with E-state index in [1.54, 1.807) is 41.3 Å². The molecule has 0 fully saturated rings. The van der Waals surface area contributed by atoms with Crippen LogP contribution in [0, 0.1) is 0 Å². The zero-order chi connectivity index (χ0) is 14.0. The van der Waals surface area contributed by atoms with Crippen LogP contribution in [0.5, 0.6) is 0 Å². The Balaban J connectivity index is 2.04. The monoisotopic (exact) mass is 277 g/mol. The Morgan fingerprint density at radius 2 is 2.11 bits per heavy atom. The molecule has 4 nitrogen and oxygen atoms in total. The quantitative estimate of drug-likeness (QED) is 0.938. The Bertz CT molecular complexity index is 622. The highest BCUT2D eigenvalue weighted by molar-refractivity contribution is 7.11. The molecule has 0 unspecified atom stereocenters. The number of nitrogens with one attached hydrogen (secondary N) is 1. The molecule has 0 aliphatic carbocycles. The van der Waals surface area contributed by atoms with Gasteiger partial charge in [-0.15, -0.1) is 11.3 Å². The molecule has 2 heterocycles. The van der Waals surface area contributed by atoms with E-state index in [-0.39, 0.29) is 11.0 Å². The highest BCUT2D eigenvalue weighted by Gasteiger charge is 2.17. The zero-order valence-corrected chi connectivity index (χ0v) is 12.5. The highest BCUT2D eigenvalue weighted by Crippen LogP contribution is 2.27. The number of aromatic nitrogens is 2. The fourth-order valence-electron chi connectivity index (χ4n) is 1.62. The smallest absolute Gasteiger partial charge is 0.250 e. The van der Waals surface area contributed by atoms with Gasteiger partial charge >= 0.3 is 0 Å². The van der Waals surface area contributed by atoms with Gasteiger partial charge in [-0.3, -0.25) is 4.79 Å². The van der Waals surface area contributed by atoms with Crippen LogP contribution in [0.3, 0.4) is 0 Å². The van der Waals surface area contributed by atoms with Crippen molar-refractivity contribution in [1.82, 2.24) is 9.55 Å². The molecular weight excluding hydrogens is 258 g/mol. The van der Waals surface area contributed by atoms with Gasteiger partial charge in [0.05, 0.1) is 17.2 Å². The van der Waals surface area contributed by atoms with Crippen LogP contribution in [0.4, 0.5) is 5.69 Å². The summed E-state index contributed by atoms with van der Waals surface area (Å²) in [5.41, 5.74) is 1.03. The van der Waals surface area contributed by atoms with Crippen molar-refractivity contribution < 1.29 is 0 Å². The van der Waals surface area contributed by atoms with Crippen molar-refractivity contribution in [1.29, 1.82) is 0 Å². The van der Waals surface area contributed by atoms with Gasteiger partial charge in [-0.2, -0.15) is 0 Å². The van der Waals surface area contributed by atoms with E-state index in [9.17, 15) is 4.79 Å². The summed E-state index contributed by atoms with van der Waals surface area (Å²) in [6.07, 6.45) is 3.72. The number of hydrogen-bond donors (Lipinski definition) is 1. The number of pyridine rings is 1. The molecule has 0 radical (unpaired) electrons.